The van der Waals surface area contributed by atoms with Gasteiger partial charge in [-0.1, -0.05) is 0 Å². The summed E-state index contributed by atoms with van der Waals surface area (Å²) in [6.07, 6.45) is 3.32. The summed E-state index contributed by atoms with van der Waals surface area (Å²) in [6, 6.07) is 0. The van der Waals surface area contributed by atoms with Gasteiger partial charge in [0, 0.05) is 6.42 Å². The number of ether oxygens (including phenoxy) is 1. The van der Waals surface area contributed by atoms with Crippen LogP contribution in [0.1, 0.15) is 13.3 Å². The van der Waals surface area contributed by atoms with E-state index < -0.39 is 8.32 Å². The molecule has 1 heterocycles. The Morgan fingerprint density at radius 3 is 2.55 bits per heavy atom. The molecule has 0 saturated heterocycles. The average Bonchev–Trinajstić information content (AvgIpc) is 2.10. The van der Waals surface area contributed by atoms with Gasteiger partial charge in [-0.25, -0.2) is 0 Å². The molecular formula is C8H16O2Si. The Kier molecular flexibility index (Phi) is 2.27. The van der Waals surface area contributed by atoms with Gasteiger partial charge in [0.1, 0.15) is 6.10 Å². The fourth-order valence-electron chi connectivity index (χ4n) is 0.924. The molecule has 0 amide bonds. The summed E-state index contributed by atoms with van der Waals surface area (Å²) in [7, 11) is -1.45. The monoisotopic (exact) mass is 172 g/mol. The highest BCUT2D eigenvalue weighted by molar-refractivity contribution is 6.69. The lowest BCUT2D eigenvalue weighted by Crippen LogP contribution is -2.25. The van der Waals surface area contributed by atoms with Crippen LogP contribution in [0.15, 0.2) is 12.0 Å². The van der Waals surface area contributed by atoms with Crippen LogP contribution in [0.25, 0.3) is 0 Å². The van der Waals surface area contributed by atoms with Crippen LogP contribution in [0.4, 0.5) is 0 Å². The van der Waals surface area contributed by atoms with E-state index in [1.807, 2.05) is 6.08 Å². The van der Waals surface area contributed by atoms with Gasteiger partial charge in [-0.15, -0.1) is 0 Å². The molecule has 1 atom stereocenters. The van der Waals surface area contributed by atoms with Crippen molar-refractivity contribution in [1.82, 2.24) is 0 Å². The van der Waals surface area contributed by atoms with E-state index in [2.05, 4.69) is 26.6 Å². The molecule has 0 radical (unpaired) electrons. The van der Waals surface area contributed by atoms with Crippen molar-refractivity contribution in [1.29, 1.82) is 0 Å². The molecule has 0 bridgehead atoms. The van der Waals surface area contributed by atoms with E-state index in [0.717, 1.165) is 12.4 Å². The molecule has 0 N–H and O–H groups in total. The Hall–Kier alpha value is -0.443. The van der Waals surface area contributed by atoms with Crippen molar-refractivity contribution in [2.24, 2.45) is 0 Å². The van der Waals surface area contributed by atoms with Crippen molar-refractivity contribution < 1.29 is 9.16 Å². The van der Waals surface area contributed by atoms with E-state index in [1.165, 1.54) is 0 Å². The molecule has 0 spiro atoms. The highest BCUT2D eigenvalue weighted by Gasteiger charge is 2.22. The summed E-state index contributed by atoms with van der Waals surface area (Å²) >= 11 is 0. The van der Waals surface area contributed by atoms with Crippen LogP contribution in [0.2, 0.25) is 19.6 Å². The van der Waals surface area contributed by atoms with Crippen molar-refractivity contribution in [3.63, 3.8) is 0 Å². The lowest BCUT2D eigenvalue weighted by Gasteiger charge is -2.20. The summed E-state index contributed by atoms with van der Waals surface area (Å²) in [5.41, 5.74) is 0. The van der Waals surface area contributed by atoms with E-state index in [1.54, 1.807) is 0 Å². The van der Waals surface area contributed by atoms with Crippen LogP contribution in [0, 0.1) is 0 Å². The first-order chi connectivity index (χ1) is 4.97. The average molecular weight is 172 g/mol. The van der Waals surface area contributed by atoms with E-state index >= 15 is 0 Å². The fourth-order valence-corrected chi connectivity index (χ4v) is 1.66. The Balaban J connectivity index is 2.40. The van der Waals surface area contributed by atoms with Crippen LogP contribution >= 0.6 is 0 Å². The topological polar surface area (TPSA) is 18.5 Å². The standard InChI is InChI=1S/C8H16O2Si/c1-7-5-6-8(9-7)10-11(2,3)4/h6-7H,5H2,1-4H3. The first-order valence-corrected chi connectivity index (χ1v) is 7.44. The first-order valence-electron chi connectivity index (χ1n) is 4.03. The molecule has 0 aliphatic carbocycles. The van der Waals surface area contributed by atoms with Crippen LogP contribution in [-0.2, 0) is 9.16 Å². The van der Waals surface area contributed by atoms with E-state index in [0.29, 0.717) is 6.10 Å². The van der Waals surface area contributed by atoms with Gasteiger partial charge in [0.25, 0.3) is 5.95 Å². The van der Waals surface area contributed by atoms with Gasteiger partial charge >= 0.3 is 0 Å². The Labute approximate surface area is 69.3 Å². The number of hydrogen-bond acceptors (Lipinski definition) is 2. The molecule has 1 rings (SSSR count). The second-order valence-electron chi connectivity index (χ2n) is 3.90. The lowest BCUT2D eigenvalue weighted by molar-refractivity contribution is 0.0762. The molecule has 1 unspecified atom stereocenters. The number of hydrogen-bond donors (Lipinski definition) is 0. The van der Waals surface area contributed by atoms with Crippen molar-refractivity contribution in [3.8, 4) is 0 Å². The Morgan fingerprint density at radius 1 is 1.55 bits per heavy atom. The zero-order valence-corrected chi connectivity index (χ0v) is 8.68. The minimum atomic E-state index is -1.45. The summed E-state index contributed by atoms with van der Waals surface area (Å²) in [4.78, 5) is 0. The minimum absolute atomic E-state index is 0.307. The SMILES string of the molecule is CC1CC=C(O[Si](C)(C)C)O1. The molecule has 1 aliphatic rings. The third-order valence-electron chi connectivity index (χ3n) is 1.34. The number of rotatable bonds is 2. The summed E-state index contributed by atoms with van der Waals surface area (Å²) in [5.74, 6) is 0.747. The largest absolute Gasteiger partial charge is 0.520 e. The third kappa shape index (κ3) is 2.97. The molecule has 0 aromatic carbocycles. The van der Waals surface area contributed by atoms with Crippen LogP contribution in [0.5, 0.6) is 0 Å². The van der Waals surface area contributed by atoms with E-state index in [-0.39, 0.29) is 0 Å². The molecular weight excluding hydrogens is 156 g/mol. The molecule has 3 heteroatoms. The molecule has 1 aliphatic heterocycles. The third-order valence-corrected chi connectivity index (χ3v) is 2.15. The lowest BCUT2D eigenvalue weighted by atomic mass is 10.3. The second-order valence-corrected chi connectivity index (χ2v) is 8.33. The van der Waals surface area contributed by atoms with E-state index in [4.69, 9.17) is 9.16 Å². The second kappa shape index (κ2) is 2.89. The molecule has 11 heavy (non-hydrogen) atoms. The fraction of sp³-hybridized carbons (Fsp3) is 0.750. The van der Waals surface area contributed by atoms with Gasteiger partial charge in [-0.2, -0.15) is 0 Å². The van der Waals surface area contributed by atoms with Gasteiger partial charge in [-0.3, -0.25) is 0 Å². The maximum atomic E-state index is 5.65. The van der Waals surface area contributed by atoms with Crippen molar-refractivity contribution in [3.05, 3.63) is 12.0 Å². The highest BCUT2D eigenvalue weighted by atomic mass is 28.4. The molecule has 0 aromatic rings. The van der Waals surface area contributed by atoms with Gasteiger partial charge < -0.3 is 9.16 Å². The zero-order chi connectivity index (χ0) is 8.48. The smallest absolute Gasteiger partial charge is 0.261 e. The van der Waals surface area contributed by atoms with Crippen molar-refractivity contribution in [2.75, 3.05) is 0 Å². The Morgan fingerprint density at radius 2 is 2.18 bits per heavy atom. The normalized spacial score (nSPS) is 24.4. The maximum Gasteiger partial charge on any atom is 0.261 e. The highest BCUT2D eigenvalue weighted by Crippen LogP contribution is 2.20. The maximum absolute atomic E-state index is 5.65. The summed E-state index contributed by atoms with van der Waals surface area (Å²) in [5, 5.41) is 0. The van der Waals surface area contributed by atoms with Crippen molar-refractivity contribution in [2.45, 2.75) is 39.1 Å². The van der Waals surface area contributed by atoms with Gasteiger partial charge in [0.05, 0.1) is 0 Å². The summed E-state index contributed by atoms with van der Waals surface area (Å²) < 4.78 is 11.1. The van der Waals surface area contributed by atoms with Gasteiger partial charge in [0.15, 0.2) is 0 Å². The predicted octanol–water partition coefficient (Wildman–Crippen LogP) is 2.49. The molecule has 2 nitrogen and oxygen atoms in total. The molecule has 0 aromatic heterocycles. The first kappa shape index (κ1) is 8.65. The van der Waals surface area contributed by atoms with Gasteiger partial charge in [-0.05, 0) is 32.6 Å². The Bertz CT molecular complexity index is 169. The van der Waals surface area contributed by atoms with Crippen LogP contribution in [0.3, 0.4) is 0 Å². The summed E-state index contributed by atoms with van der Waals surface area (Å²) in [6.45, 7) is 8.51. The molecule has 64 valence electrons. The predicted molar refractivity (Wildman–Crippen MR) is 47.7 cm³/mol. The minimum Gasteiger partial charge on any atom is -0.520 e. The molecule has 0 fully saturated rings. The van der Waals surface area contributed by atoms with Crippen LogP contribution in [-0.4, -0.2) is 14.4 Å². The van der Waals surface area contributed by atoms with E-state index in [9.17, 15) is 0 Å². The van der Waals surface area contributed by atoms with Crippen molar-refractivity contribution >= 4 is 8.32 Å². The quantitative estimate of drug-likeness (QED) is 0.596. The zero-order valence-electron chi connectivity index (χ0n) is 7.68. The molecule has 0 saturated carbocycles. The van der Waals surface area contributed by atoms with Crippen LogP contribution < -0.4 is 0 Å². The van der Waals surface area contributed by atoms with Gasteiger partial charge in [0.2, 0.25) is 8.32 Å².